The van der Waals surface area contributed by atoms with Gasteiger partial charge in [0.15, 0.2) is 0 Å². The largest absolute Gasteiger partial charge is 0.0901 e. The minimum Gasteiger partial charge on any atom is -0.0901 e. The molecule has 0 bridgehead atoms. The molecule has 0 N–H and O–H groups in total. The summed E-state index contributed by atoms with van der Waals surface area (Å²) in [5, 5.41) is 0. The molecule has 3 heteroatoms. The Labute approximate surface area is 134 Å². The average molecular weight is 466 g/mol. The number of benzene rings is 2. The predicted octanol–water partition coefficient (Wildman–Crippen LogP) is 5.66. The molecule has 2 aromatic carbocycles. The molecule has 0 aliphatic rings. The Morgan fingerprint density at radius 1 is 0.765 bits per heavy atom. The van der Waals surface area contributed by atoms with Gasteiger partial charge < -0.3 is 0 Å². The maximum Gasteiger partial charge on any atom is 0.0170 e. The summed E-state index contributed by atoms with van der Waals surface area (Å²) in [4.78, 5) is 2.61. The van der Waals surface area contributed by atoms with Crippen molar-refractivity contribution < 1.29 is 0 Å². The van der Waals surface area contributed by atoms with Gasteiger partial charge >= 0.3 is 0 Å². The Morgan fingerprint density at radius 3 is 2.06 bits per heavy atom. The van der Waals surface area contributed by atoms with Crippen molar-refractivity contribution in [3.05, 3.63) is 54.7 Å². The molecule has 0 radical (unpaired) electrons. The molecule has 0 saturated heterocycles. The molecule has 0 saturated carbocycles. The Balaban J connectivity index is 2.25. The smallest absolute Gasteiger partial charge is 0.0170 e. The van der Waals surface area contributed by atoms with Crippen LogP contribution < -0.4 is 0 Å². The Bertz CT molecular complexity index is 500. The second kappa shape index (κ2) is 5.93. The zero-order valence-corrected chi connectivity index (χ0v) is 14.8. The van der Waals surface area contributed by atoms with Gasteiger partial charge in [-0.05, 0) is 100 Å². The van der Waals surface area contributed by atoms with Crippen LogP contribution in [0.25, 0.3) is 0 Å². The maximum atomic E-state index is 2.39. The van der Waals surface area contributed by atoms with Crippen LogP contribution in [0.15, 0.2) is 46.2 Å². The topological polar surface area (TPSA) is 0 Å². The van der Waals surface area contributed by atoms with Gasteiger partial charge in [-0.25, -0.2) is 0 Å². The fourth-order valence-electron chi connectivity index (χ4n) is 1.45. The molecule has 17 heavy (non-hydrogen) atoms. The molecule has 0 amide bonds. The average Bonchev–Trinajstić information content (AvgIpc) is 2.29. The Morgan fingerprint density at radius 2 is 1.41 bits per heavy atom. The van der Waals surface area contributed by atoms with Crippen molar-refractivity contribution >= 4 is 56.9 Å². The van der Waals surface area contributed by atoms with Crippen LogP contribution in [0.5, 0.6) is 0 Å². The van der Waals surface area contributed by atoms with Crippen LogP contribution in [0.2, 0.25) is 0 Å². The van der Waals surface area contributed by atoms with E-state index < -0.39 is 0 Å². The van der Waals surface area contributed by atoms with Crippen molar-refractivity contribution in [2.45, 2.75) is 23.6 Å². The molecular formula is C14H12I2S. The zero-order valence-electron chi connectivity index (χ0n) is 9.63. The molecule has 2 rings (SSSR count). The van der Waals surface area contributed by atoms with Crippen LogP contribution in [0, 0.1) is 21.0 Å². The zero-order chi connectivity index (χ0) is 12.4. The first-order valence-electron chi connectivity index (χ1n) is 5.26. The van der Waals surface area contributed by atoms with Crippen LogP contribution in [-0.2, 0) is 0 Å². The van der Waals surface area contributed by atoms with E-state index in [2.05, 4.69) is 95.4 Å². The molecule has 0 aliphatic heterocycles. The van der Waals surface area contributed by atoms with Gasteiger partial charge in [0.05, 0.1) is 0 Å². The summed E-state index contributed by atoms with van der Waals surface area (Å²) in [5.41, 5.74) is 2.69. The normalized spacial score (nSPS) is 10.6. The van der Waals surface area contributed by atoms with E-state index in [-0.39, 0.29) is 0 Å². The highest BCUT2D eigenvalue weighted by atomic mass is 127. The first kappa shape index (κ1) is 13.7. The molecule has 0 fully saturated rings. The highest BCUT2D eigenvalue weighted by molar-refractivity contribution is 14.1. The van der Waals surface area contributed by atoms with Gasteiger partial charge in [0.2, 0.25) is 0 Å². The highest BCUT2D eigenvalue weighted by Gasteiger charge is 2.02. The van der Waals surface area contributed by atoms with Gasteiger partial charge in [0, 0.05) is 16.9 Å². The number of rotatable bonds is 2. The maximum absolute atomic E-state index is 2.39. The molecule has 0 spiro atoms. The number of hydrogen-bond donors (Lipinski definition) is 0. The summed E-state index contributed by atoms with van der Waals surface area (Å²) in [5.74, 6) is 0. The van der Waals surface area contributed by atoms with Crippen LogP contribution in [0.4, 0.5) is 0 Å². The lowest BCUT2D eigenvalue weighted by Crippen LogP contribution is -1.83. The van der Waals surface area contributed by atoms with Crippen LogP contribution >= 0.6 is 56.9 Å². The molecule has 0 aliphatic carbocycles. The van der Waals surface area contributed by atoms with Gasteiger partial charge in [0.25, 0.3) is 0 Å². The Kier molecular flexibility index (Phi) is 4.77. The monoisotopic (exact) mass is 466 g/mol. The van der Waals surface area contributed by atoms with Gasteiger partial charge in [0.1, 0.15) is 0 Å². The number of aryl methyl sites for hydroxylation is 2. The van der Waals surface area contributed by atoms with Gasteiger partial charge in [-0.3, -0.25) is 0 Å². The molecule has 2 aromatic rings. The summed E-state index contributed by atoms with van der Waals surface area (Å²) < 4.78 is 2.65. The summed E-state index contributed by atoms with van der Waals surface area (Å²) in [7, 11) is 0. The van der Waals surface area contributed by atoms with Gasteiger partial charge in [-0.1, -0.05) is 17.8 Å². The number of halogens is 2. The van der Waals surface area contributed by atoms with Crippen molar-refractivity contribution in [3.63, 3.8) is 0 Å². The van der Waals surface area contributed by atoms with E-state index >= 15 is 0 Å². The van der Waals surface area contributed by atoms with Crippen molar-refractivity contribution in [3.8, 4) is 0 Å². The van der Waals surface area contributed by atoms with Crippen LogP contribution in [-0.4, -0.2) is 0 Å². The molecular weight excluding hydrogens is 454 g/mol. The van der Waals surface area contributed by atoms with E-state index in [0.717, 1.165) is 0 Å². The van der Waals surface area contributed by atoms with Crippen molar-refractivity contribution in [1.29, 1.82) is 0 Å². The summed E-state index contributed by atoms with van der Waals surface area (Å²) in [6, 6.07) is 13.2. The third kappa shape index (κ3) is 3.61. The summed E-state index contributed by atoms with van der Waals surface area (Å²) >= 11 is 6.59. The molecule has 0 nitrogen and oxygen atoms in total. The number of hydrogen-bond acceptors (Lipinski definition) is 1. The van der Waals surface area contributed by atoms with Crippen molar-refractivity contribution in [2.75, 3.05) is 0 Å². The first-order chi connectivity index (χ1) is 8.06. The fourth-order valence-corrected chi connectivity index (χ4v) is 3.47. The molecule has 0 unspecified atom stereocenters. The second-order valence-electron chi connectivity index (χ2n) is 3.92. The quantitative estimate of drug-likeness (QED) is 0.515. The van der Waals surface area contributed by atoms with E-state index in [0.29, 0.717) is 0 Å². The van der Waals surface area contributed by atoms with E-state index in [9.17, 15) is 0 Å². The van der Waals surface area contributed by atoms with E-state index in [1.54, 1.807) is 0 Å². The van der Waals surface area contributed by atoms with Crippen molar-refractivity contribution in [2.24, 2.45) is 0 Å². The van der Waals surface area contributed by atoms with Crippen molar-refractivity contribution in [1.82, 2.24) is 0 Å². The van der Waals surface area contributed by atoms with Crippen LogP contribution in [0.3, 0.4) is 0 Å². The highest BCUT2D eigenvalue weighted by Crippen LogP contribution is 2.31. The lowest BCUT2D eigenvalue weighted by Gasteiger charge is -2.06. The van der Waals surface area contributed by atoms with E-state index in [4.69, 9.17) is 0 Å². The predicted molar refractivity (Wildman–Crippen MR) is 91.9 cm³/mol. The molecule has 0 atom stereocenters. The van der Waals surface area contributed by atoms with Crippen LogP contribution in [0.1, 0.15) is 11.1 Å². The third-order valence-corrected chi connectivity index (χ3v) is 5.86. The van der Waals surface area contributed by atoms with E-state index in [1.807, 2.05) is 11.8 Å². The fraction of sp³-hybridized carbons (Fsp3) is 0.143. The minimum atomic E-state index is 1.31. The van der Waals surface area contributed by atoms with Gasteiger partial charge in [-0.2, -0.15) is 0 Å². The second-order valence-corrected chi connectivity index (χ2v) is 7.40. The van der Waals surface area contributed by atoms with E-state index in [1.165, 1.54) is 28.1 Å². The molecule has 0 aromatic heterocycles. The minimum absolute atomic E-state index is 1.31. The lowest BCUT2D eigenvalue weighted by atomic mass is 10.2. The SMILES string of the molecule is Cc1cc(Sc2ccc(C)c(I)c2)ccc1I. The first-order valence-corrected chi connectivity index (χ1v) is 8.24. The molecule has 88 valence electrons. The molecule has 0 heterocycles. The third-order valence-electron chi connectivity index (χ3n) is 2.51. The standard InChI is InChI=1S/C14H12I2S/c1-9-3-4-12(8-14(9)16)17-11-5-6-13(15)10(2)7-11/h3-8H,1-2H3. The summed E-state index contributed by atoms with van der Waals surface area (Å²) in [6.45, 7) is 4.30. The van der Waals surface area contributed by atoms with Gasteiger partial charge in [-0.15, -0.1) is 0 Å². The lowest BCUT2D eigenvalue weighted by molar-refractivity contribution is 1.30. The Hall–Kier alpha value is 0.250. The summed E-state index contributed by atoms with van der Waals surface area (Å²) in [6.07, 6.45) is 0.